The highest BCUT2D eigenvalue weighted by Gasteiger charge is 2.02. The van der Waals surface area contributed by atoms with E-state index >= 15 is 0 Å². The quantitative estimate of drug-likeness (QED) is 0.801. The maximum atomic E-state index is 5.78. The molecule has 2 aromatic rings. The van der Waals surface area contributed by atoms with Crippen molar-refractivity contribution in [2.24, 2.45) is 0 Å². The second-order valence-corrected chi connectivity index (χ2v) is 3.47. The third kappa shape index (κ3) is 3.02. The fourth-order valence-corrected chi connectivity index (χ4v) is 1.46. The Balaban J connectivity index is 2.18. The van der Waals surface area contributed by atoms with Crippen molar-refractivity contribution in [1.82, 2.24) is 0 Å². The molecule has 0 saturated heterocycles. The van der Waals surface area contributed by atoms with Crippen LogP contribution in [0, 0.1) is 12.3 Å². The van der Waals surface area contributed by atoms with E-state index in [4.69, 9.17) is 11.2 Å². The van der Waals surface area contributed by atoms with E-state index in [-0.39, 0.29) is 0 Å². The summed E-state index contributed by atoms with van der Waals surface area (Å²) in [7, 11) is 0. The van der Waals surface area contributed by atoms with E-state index in [1.165, 1.54) is 0 Å². The van der Waals surface area contributed by atoms with Gasteiger partial charge < -0.3 is 10.1 Å². The van der Waals surface area contributed by atoms with Crippen LogP contribution in [0.5, 0.6) is 11.5 Å². The SMILES string of the molecule is C#CCNc1ccccc1Oc1ccccc1. The Bertz CT molecular complexity index is 514. The number of terminal acetylenes is 1. The molecule has 2 aromatic carbocycles. The molecule has 0 spiro atoms. The molecule has 0 aliphatic carbocycles. The lowest BCUT2D eigenvalue weighted by Gasteiger charge is -2.11. The van der Waals surface area contributed by atoms with Crippen LogP contribution in [-0.4, -0.2) is 6.54 Å². The molecule has 0 radical (unpaired) electrons. The normalized spacial score (nSPS) is 9.35. The maximum Gasteiger partial charge on any atom is 0.150 e. The molecule has 0 bridgehead atoms. The van der Waals surface area contributed by atoms with Crippen LogP contribution in [0.4, 0.5) is 5.69 Å². The van der Waals surface area contributed by atoms with Gasteiger partial charge in [-0.2, -0.15) is 0 Å². The van der Waals surface area contributed by atoms with Crippen LogP contribution in [0.3, 0.4) is 0 Å². The Labute approximate surface area is 101 Å². The van der Waals surface area contributed by atoms with Crippen molar-refractivity contribution in [3.8, 4) is 23.8 Å². The van der Waals surface area contributed by atoms with Gasteiger partial charge in [-0.1, -0.05) is 36.3 Å². The van der Waals surface area contributed by atoms with Gasteiger partial charge in [-0.3, -0.25) is 0 Å². The van der Waals surface area contributed by atoms with Crippen molar-refractivity contribution in [2.45, 2.75) is 0 Å². The molecule has 84 valence electrons. The van der Waals surface area contributed by atoms with Crippen LogP contribution in [0.15, 0.2) is 54.6 Å². The van der Waals surface area contributed by atoms with Crippen LogP contribution in [-0.2, 0) is 0 Å². The first kappa shape index (κ1) is 11.1. The molecular formula is C15H13NO. The third-order valence-electron chi connectivity index (χ3n) is 2.24. The fourth-order valence-electron chi connectivity index (χ4n) is 1.46. The molecule has 0 amide bonds. The number of hydrogen-bond donors (Lipinski definition) is 1. The first-order valence-corrected chi connectivity index (χ1v) is 5.39. The van der Waals surface area contributed by atoms with Crippen molar-refractivity contribution in [3.63, 3.8) is 0 Å². The lowest BCUT2D eigenvalue weighted by atomic mass is 10.3. The van der Waals surface area contributed by atoms with Crippen molar-refractivity contribution in [3.05, 3.63) is 54.6 Å². The third-order valence-corrected chi connectivity index (χ3v) is 2.24. The number of nitrogens with one attached hydrogen (secondary N) is 1. The van der Waals surface area contributed by atoms with E-state index in [0.717, 1.165) is 17.2 Å². The van der Waals surface area contributed by atoms with Gasteiger partial charge in [-0.25, -0.2) is 0 Å². The second-order valence-electron chi connectivity index (χ2n) is 3.47. The van der Waals surface area contributed by atoms with Crippen molar-refractivity contribution in [2.75, 3.05) is 11.9 Å². The predicted octanol–water partition coefficient (Wildman–Crippen LogP) is 3.52. The van der Waals surface area contributed by atoms with Crippen LogP contribution in [0.1, 0.15) is 0 Å². The van der Waals surface area contributed by atoms with Gasteiger partial charge in [0, 0.05) is 0 Å². The summed E-state index contributed by atoms with van der Waals surface area (Å²) in [6.07, 6.45) is 5.23. The van der Waals surface area contributed by atoms with Gasteiger partial charge in [0.15, 0.2) is 5.75 Å². The summed E-state index contributed by atoms with van der Waals surface area (Å²) in [5.41, 5.74) is 0.898. The van der Waals surface area contributed by atoms with Gasteiger partial charge >= 0.3 is 0 Å². The van der Waals surface area contributed by atoms with Crippen LogP contribution in [0.2, 0.25) is 0 Å². The van der Waals surface area contributed by atoms with Crippen molar-refractivity contribution in [1.29, 1.82) is 0 Å². The predicted molar refractivity (Wildman–Crippen MR) is 70.3 cm³/mol. The van der Waals surface area contributed by atoms with Crippen molar-refractivity contribution >= 4 is 5.69 Å². The van der Waals surface area contributed by atoms with Crippen LogP contribution < -0.4 is 10.1 Å². The number of anilines is 1. The molecule has 0 aliphatic heterocycles. The second kappa shape index (κ2) is 5.62. The minimum absolute atomic E-state index is 0.481. The molecule has 0 heterocycles. The van der Waals surface area contributed by atoms with E-state index in [9.17, 15) is 0 Å². The maximum absolute atomic E-state index is 5.78. The van der Waals surface area contributed by atoms with E-state index in [2.05, 4.69) is 11.2 Å². The topological polar surface area (TPSA) is 21.3 Å². The summed E-state index contributed by atoms with van der Waals surface area (Å²) >= 11 is 0. The van der Waals surface area contributed by atoms with Gasteiger partial charge in [0.1, 0.15) is 5.75 Å². The smallest absolute Gasteiger partial charge is 0.150 e. The zero-order valence-electron chi connectivity index (χ0n) is 9.39. The average molecular weight is 223 g/mol. The number of hydrogen-bond acceptors (Lipinski definition) is 2. The number of rotatable bonds is 4. The van der Waals surface area contributed by atoms with E-state index in [0.29, 0.717) is 6.54 Å². The van der Waals surface area contributed by atoms with Gasteiger partial charge in [0.25, 0.3) is 0 Å². The zero-order chi connectivity index (χ0) is 11.9. The monoisotopic (exact) mass is 223 g/mol. The first-order chi connectivity index (χ1) is 8.40. The first-order valence-electron chi connectivity index (χ1n) is 5.39. The van der Waals surface area contributed by atoms with E-state index in [1.54, 1.807) is 0 Å². The standard InChI is InChI=1S/C15H13NO/c1-2-12-16-14-10-6-7-11-15(14)17-13-8-4-3-5-9-13/h1,3-11,16H,12H2. The van der Waals surface area contributed by atoms with Gasteiger partial charge in [0.2, 0.25) is 0 Å². The summed E-state index contributed by atoms with van der Waals surface area (Å²) in [5, 5.41) is 3.12. The summed E-state index contributed by atoms with van der Waals surface area (Å²) in [4.78, 5) is 0. The molecule has 2 nitrogen and oxygen atoms in total. The van der Waals surface area contributed by atoms with Crippen LogP contribution >= 0.6 is 0 Å². The highest BCUT2D eigenvalue weighted by atomic mass is 16.5. The zero-order valence-corrected chi connectivity index (χ0v) is 9.39. The Morgan fingerprint density at radius 2 is 1.71 bits per heavy atom. The largest absolute Gasteiger partial charge is 0.455 e. The minimum Gasteiger partial charge on any atom is -0.455 e. The van der Waals surface area contributed by atoms with Crippen molar-refractivity contribution < 1.29 is 4.74 Å². The Kier molecular flexibility index (Phi) is 3.67. The number of benzene rings is 2. The highest BCUT2D eigenvalue weighted by molar-refractivity contribution is 5.57. The van der Waals surface area contributed by atoms with E-state index < -0.39 is 0 Å². The Morgan fingerprint density at radius 1 is 1.00 bits per heavy atom. The number of para-hydroxylation sites is 3. The molecule has 17 heavy (non-hydrogen) atoms. The highest BCUT2D eigenvalue weighted by Crippen LogP contribution is 2.28. The molecule has 0 aromatic heterocycles. The number of ether oxygens (including phenoxy) is 1. The molecule has 1 N–H and O–H groups in total. The summed E-state index contributed by atoms with van der Waals surface area (Å²) in [6.45, 7) is 0.481. The lowest BCUT2D eigenvalue weighted by Crippen LogP contribution is -2.00. The lowest BCUT2D eigenvalue weighted by molar-refractivity contribution is 0.484. The summed E-state index contributed by atoms with van der Waals surface area (Å²) in [6, 6.07) is 17.4. The van der Waals surface area contributed by atoms with Crippen LogP contribution in [0.25, 0.3) is 0 Å². The molecule has 0 saturated carbocycles. The fraction of sp³-hybridized carbons (Fsp3) is 0.0667. The molecule has 2 rings (SSSR count). The summed E-state index contributed by atoms with van der Waals surface area (Å²) in [5.74, 6) is 4.12. The van der Waals surface area contributed by atoms with Gasteiger partial charge in [-0.05, 0) is 24.3 Å². The minimum atomic E-state index is 0.481. The molecule has 0 aliphatic rings. The average Bonchev–Trinajstić information content (AvgIpc) is 2.39. The molecule has 0 fully saturated rings. The Hall–Kier alpha value is -2.40. The molecular weight excluding hydrogens is 210 g/mol. The molecule has 2 heteroatoms. The molecule has 0 atom stereocenters. The summed E-state index contributed by atoms with van der Waals surface area (Å²) < 4.78 is 5.78. The molecule has 0 unspecified atom stereocenters. The van der Waals surface area contributed by atoms with Gasteiger partial charge in [0.05, 0.1) is 12.2 Å². The van der Waals surface area contributed by atoms with Gasteiger partial charge in [-0.15, -0.1) is 6.42 Å². The van der Waals surface area contributed by atoms with E-state index in [1.807, 2.05) is 54.6 Å². The Morgan fingerprint density at radius 3 is 2.47 bits per heavy atom.